The SMILES string of the molecule is C[C@@H]1O[C@@H](O[C@@H]2[C@@H](O)[C@H](Oc3cc(O)cc4oc(-c5ccc(O)c(O)c5)cc(=O)c34)O[C@H](CO[C@@H]3O[C@H](C(=O)O)[C@@H](O)[C@H](O)[C@H]3O)[C@H]2O)[C@H](O)[C@H](O)[C@H]1O. The fraction of sp³-hybridized carbons (Fsp3) is 0.515. The minimum absolute atomic E-state index is 0.0930. The lowest BCUT2D eigenvalue weighted by molar-refractivity contribution is -0.355. The zero-order valence-corrected chi connectivity index (χ0v) is 27.9. The fourth-order valence-electron chi connectivity index (χ4n) is 6.23. The maximum Gasteiger partial charge on any atom is 0.335 e. The van der Waals surface area contributed by atoms with E-state index in [1.54, 1.807) is 0 Å². The minimum atomic E-state index is -2.05. The Kier molecular flexibility index (Phi) is 11.3. The molecule has 21 heteroatoms. The van der Waals surface area contributed by atoms with Crippen molar-refractivity contribution in [3.05, 3.63) is 46.6 Å². The molecule has 0 saturated carbocycles. The molecule has 4 heterocycles. The predicted octanol–water partition coefficient (Wildman–Crippen LogP) is -3.48. The van der Waals surface area contributed by atoms with Crippen molar-refractivity contribution in [2.45, 2.75) is 99.0 Å². The van der Waals surface area contributed by atoms with Gasteiger partial charge in [-0.1, -0.05) is 0 Å². The van der Waals surface area contributed by atoms with Gasteiger partial charge >= 0.3 is 5.97 Å². The van der Waals surface area contributed by atoms with E-state index in [0.29, 0.717) is 0 Å². The largest absolute Gasteiger partial charge is 0.508 e. The summed E-state index contributed by atoms with van der Waals surface area (Å²) in [6.07, 6.45) is -27.7. The molecule has 54 heavy (non-hydrogen) atoms. The maximum atomic E-state index is 13.5. The van der Waals surface area contributed by atoms with Crippen LogP contribution in [-0.2, 0) is 28.5 Å². The fourth-order valence-corrected chi connectivity index (χ4v) is 6.23. The Morgan fingerprint density at radius 2 is 1.41 bits per heavy atom. The normalized spacial score (nSPS) is 37.2. The Morgan fingerprint density at radius 1 is 0.722 bits per heavy atom. The van der Waals surface area contributed by atoms with Crippen LogP contribution in [0, 0.1) is 0 Å². The van der Waals surface area contributed by atoms with Crippen molar-refractivity contribution in [2.24, 2.45) is 0 Å². The molecule has 3 aliphatic heterocycles. The summed E-state index contributed by atoms with van der Waals surface area (Å²) in [7, 11) is 0. The molecule has 3 aliphatic rings. The number of phenols is 3. The van der Waals surface area contributed by atoms with Crippen LogP contribution in [0.5, 0.6) is 23.0 Å². The van der Waals surface area contributed by atoms with Crippen molar-refractivity contribution in [1.29, 1.82) is 0 Å². The molecule has 12 N–H and O–H groups in total. The number of carboxylic acids is 1. The molecule has 0 aliphatic carbocycles. The van der Waals surface area contributed by atoms with Gasteiger partial charge in [0.15, 0.2) is 35.6 Å². The Bertz CT molecular complexity index is 1880. The standard InChI is InChI=1S/C33H38O21/c1-9-20(38)22(40)26(44)32(49-9)53-28-21(39)18(8-48-31-25(43)23(41)24(42)29(54-31)30(46)47)52-33(27(28)45)51-17-6-11(34)5-16-19(17)14(37)7-15(50-16)10-2-3-12(35)13(36)4-10/h2-7,9,18,20-29,31-36,38-45H,8H2,1H3,(H,46,47)/t9-,18+,20-,21+,22+,23-,24-,25+,26+,27+,28-,29-,31+,32-,33+/m0/s1. The van der Waals surface area contributed by atoms with Gasteiger partial charge in [0.05, 0.1) is 12.7 Å². The van der Waals surface area contributed by atoms with Crippen LogP contribution in [0.15, 0.2) is 45.6 Å². The van der Waals surface area contributed by atoms with E-state index in [9.17, 15) is 70.9 Å². The number of aliphatic hydroxyl groups is 8. The number of phenolic OH excluding ortho intramolecular Hbond substituents is 3. The van der Waals surface area contributed by atoms with E-state index < -0.39 is 133 Å². The summed E-state index contributed by atoms with van der Waals surface area (Å²) in [5, 5.41) is 124. The molecule has 6 rings (SSSR count). The summed E-state index contributed by atoms with van der Waals surface area (Å²) in [6, 6.07) is 6.65. The Labute approximate surface area is 302 Å². The van der Waals surface area contributed by atoms with E-state index in [1.807, 2.05) is 0 Å². The van der Waals surface area contributed by atoms with Gasteiger partial charge in [-0.05, 0) is 25.1 Å². The van der Waals surface area contributed by atoms with Crippen molar-refractivity contribution in [3.8, 4) is 34.3 Å². The van der Waals surface area contributed by atoms with Crippen LogP contribution in [0.3, 0.4) is 0 Å². The zero-order chi connectivity index (χ0) is 39.3. The zero-order valence-electron chi connectivity index (χ0n) is 27.9. The monoisotopic (exact) mass is 770 g/mol. The van der Waals surface area contributed by atoms with Crippen molar-refractivity contribution >= 4 is 16.9 Å². The summed E-state index contributed by atoms with van der Waals surface area (Å²) < 4.78 is 39.1. The molecule has 0 unspecified atom stereocenters. The second kappa shape index (κ2) is 15.5. The number of benzene rings is 2. The van der Waals surface area contributed by atoms with Gasteiger partial charge in [-0.2, -0.15) is 0 Å². The van der Waals surface area contributed by atoms with Crippen LogP contribution in [0.2, 0.25) is 0 Å². The van der Waals surface area contributed by atoms with E-state index in [0.717, 1.165) is 30.3 Å². The van der Waals surface area contributed by atoms with Crippen molar-refractivity contribution < 1.29 is 98.9 Å². The van der Waals surface area contributed by atoms with Gasteiger partial charge in [0.25, 0.3) is 0 Å². The first-order valence-corrected chi connectivity index (χ1v) is 16.4. The van der Waals surface area contributed by atoms with E-state index in [1.165, 1.54) is 13.0 Å². The van der Waals surface area contributed by atoms with E-state index >= 15 is 0 Å². The van der Waals surface area contributed by atoms with Crippen LogP contribution >= 0.6 is 0 Å². The number of rotatable bonds is 9. The second-order valence-electron chi connectivity index (χ2n) is 13.0. The Hall–Kier alpha value is -4.20. The average molecular weight is 771 g/mol. The van der Waals surface area contributed by atoms with Crippen molar-refractivity contribution in [1.82, 2.24) is 0 Å². The van der Waals surface area contributed by atoms with Gasteiger partial charge in [0.1, 0.15) is 89.3 Å². The van der Waals surface area contributed by atoms with Gasteiger partial charge in [0, 0.05) is 23.8 Å². The van der Waals surface area contributed by atoms with Crippen LogP contribution in [0.25, 0.3) is 22.3 Å². The molecule has 2 aromatic carbocycles. The van der Waals surface area contributed by atoms with Crippen molar-refractivity contribution in [2.75, 3.05) is 6.61 Å². The molecule has 1 aromatic heterocycles. The van der Waals surface area contributed by atoms with E-state index in [-0.39, 0.29) is 22.3 Å². The number of aliphatic carboxylic acids is 1. The lowest BCUT2D eigenvalue weighted by atomic mass is 9.97. The first-order valence-electron chi connectivity index (χ1n) is 16.4. The van der Waals surface area contributed by atoms with Gasteiger partial charge in [-0.3, -0.25) is 4.79 Å². The minimum Gasteiger partial charge on any atom is -0.508 e. The lowest BCUT2D eigenvalue weighted by Crippen LogP contribution is -2.65. The molecular weight excluding hydrogens is 732 g/mol. The third kappa shape index (κ3) is 7.54. The van der Waals surface area contributed by atoms with Gasteiger partial charge in [-0.15, -0.1) is 0 Å². The third-order valence-corrected chi connectivity index (χ3v) is 9.26. The summed E-state index contributed by atoms with van der Waals surface area (Å²) >= 11 is 0. The molecule has 0 spiro atoms. The molecule has 3 fully saturated rings. The Balaban J connectivity index is 1.31. The summed E-state index contributed by atoms with van der Waals surface area (Å²) in [5.74, 6) is -3.70. The highest BCUT2D eigenvalue weighted by Gasteiger charge is 2.52. The molecular formula is C33H38O21. The quantitative estimate of drug-likeness (QED) is 0.0940. The summed E-state index contributed by atoms with van der Waals surface area (Å²) in [5.41, 5.74) is -0.847. The molecule has 0 bridgehead atoms. The summed E-state index contributed by atoms with van der Waals surface area (Å²) in [4.78, 5) is 25.0. The predicted molar refractivity (Wildman–Crippen MR) is 172 cm³/mol. The number of hydrogen-bond acceptors (Lipinski definition) is 20. The number of aromatic hydroxyl groups is 3. The van der Waals surface area contributed by atoms with Gasteiger partial charge in [0.2, 0.25) is 6.29 Å². The summed E-state index contributed by atoms with van der Waals surface area (Å²) in [6.45, 7) is 0.511. The number of carboxylic acid groups (broad SMARTS) is 1. The van der Waals surface area contributed by atoms with Gasteiger partial charge < -0.3 is 94.1 Å². The van der Waals surface area contributed by atoms with Crippen LogP contribution < -0.4 is 10.2 Å². The van der Waals surface area contributed by atoms with E-state index in [2.05, 4.69) is 0 Å². The van der Waals surface area contributed by atoms with Crippen molar-refractivity contribution in [3.63, 3.8) is 0 Å². The van der Waals surface area contributed by atoms with Crippen LogP contribution in [-0.4, -0.2) is 166 Å². The molecule has 296 valence electrons. The topological polar surface area (TPSA) is 345 Å². The molecule has 15 atom stereocenters. The van der Waals surface area contributed by atoms with E-state index in [4.69, 9.17) is 32.8 Å². The maximum absolute atomic E-state index is 13.5. The molecule has 0 amide bonds. The number of carbonyl (C=O) groups is 1. The lowest BCUT2D eigenvalue weighted by Gasteiger charge is -2.46. The second-order valence-corrected chi connectivity index (χ2v) is 13.0. The first kappa shape index (κ1) is 39.5. The highest BCUT2D eigenvalue weighted by atomic mass is 16.7. The Morgan fingerprint density at radius 3 is 2.09 bits per heavy atom. The van der Waals surface area contributed by atoms with Crippen LogP contribution in [0.1, 0.15) is 6.92 Å². The number of fused-ring (bicyclic) bond motifs is 1. The van der Waals surface area contributed by atoms with Gasteiger partial charge in [-0.25, -0.2) is 4.79 Å². The molecule has 3 saturated heterocycles. The smallest absolute Gasteiger partial charge is 0.335 e. The van der Waals surface area contributed by atoms with Crippen LogP contribution in [0.4, 0.5) is 0 Å². The molecule has 21 nitrogen and oxygen atoms in total. The highest BCUT2D eigenvalue weighted by Crippen LogP contribution is 2.37. The number of ether oxygens (including phenoxy) is 6. The highest BCUT2D eigenvalue weighted by molar-refractivity contribution is 5.86. The number of hydrogen-bond donors (Lipinski definition) is 12. The molecule has 3 aromatic rings. The number of aliphatic hydroxyl groups excluding tert-OH is 8. The third-order valence-electron chi connectivity index (χ3n) is 9.26. The molecule has 0 radical (unpaired) electrons. The first-order chi connectivity index (χ1) is 25.5. The average Bonchev–Trinajstić information content (AvgIpc) is 3.12.